The van der Waals surface area contributed by atoms with Crippen LogP contribution >= 0.6 is 0 Å². The van der Waals surface area contributed by atoms with Crippen molar-refractivity contribution in [1.82, 2.24) is 9.88 Å². The lowest BCUT2D eigenvalue weighted by Gasteiger charge is -2.21. The molecule has 1 aliphatic carbocycles. The maximum Gasteiger partial charge on any atom is 0.272 e. The van der Waals surface area contributed by atoms with Crippen molar-refractivity contribution in [2.75, 3.05) is 6.54 Å². The Morgan fingerprint density at radius 2 is 2.22 bits per heavy atom. The van der Waals surface area contributed by atoms with Crippen molar-refractivity contribution in [2.45, 2.75) is 39.2 Å². The van der Waals surface area contributed by atoms with Gasteiger partial charge in [0.05, 0.1) is 12.5 Å². The molecule has 0 aromatic carbocycles. The largest absolute Gasteiger partial charge is 0.333 e. The van der Waals surface area contributed by atoms with Gasteiger partial charge in [0.15, 0.2) is 0 Å². The zero-order valence-electron chi connectivity index (χ0n) is 10.8. The van der Waals surface area contributed by atoms with Crippen LogP contribution in [0.5, 0.6) is 0 Å². The number of nitriles is 1. The minimum Gasteiger partial charge on any atom is -0.333 e. The highest BCUT2D eigenvalue weighted by atomic mass is 16.2. The van der Waals surface area contributed by atoms with Gasteiger partial charge in [-0.1, -0.05) is 0 Å². The quantitative estimate of drug-likeness (QED) is 0.814. The highest BCUT2D eigenvalue weighted by Gasteiger charge is 2.33. The third-order valence-corrected chi connectivity index (χ3v) is 3.03. The molecule has 0 N–H and O–H groups in total. The van der Waals surface area contributed by atoms with E-state index in [1.165, 1.54) is 0 Å². The van der Waals surface area contributed by atoms with Gasteiger partial charge in [0, 0.05) is 18.3 Å². The van der Waals surface area contributed by atoms with Gasteiger partial charge in [-0.3, -0.25) is 4.79 Å². The summed E-state index contributed by atoms with van der Waals surface area (Å²) >= 11 is 0. The molecular formula is C14H17N3O. The van der Waals surface area contributed by atoms with Gasteiger partial charge in [0.1, 0.15) is 5.69 Å². The number of carbonyl (C=O) groups excluding carboxylic acids is 1. The summed E-state index contributed by atoms with van der Waals surface area (Å²) in [4.78, 5) is 18.5. The van der Waals surface area contributed by atoms with Crippen LogP contribution in [0.3, 0.4) is 0 Å². The Morgan fingerprint density at radius 3 is 2.78 bits per heavy atom. The number of carbonyl (C=O) groups is 1. The van der Waals surface area contributed by atoms with Crippen LogP contribution < -0.4 is 0 Å². The lowest BCUT2D eigenvalue weighted by molar-refractivity contribution is 0.0740. The molecule has 2 rings (SSSR count). The molecule has 18 heavy (non-hydrogen) atoms. The topological polar surface area (TPSA) is 57.0 Å². The first-order valence-corrected chi connectivity index (χ1v) is 6.25. The first kappa shape index (κ1) is 12.6. The van der Waals surface area contributed by atoms with Crippen molar-refractivity contribution >= 4 is 5.91 Å². The van der Waals surface area contributed by atoms with Gasteiger partial charge < -0.3 is 4.90 Å². The number of aryl methyl sites for hydroxylation is 2. The zero-order chi connectivity index (χ0) is 13.1. The molecule has 1 amide bonds. The van der Waals surface area contributed by atoms with E-state index in [-0.39, 0.29) is 5.91 Å². The number of hydrogen-bond donors (Lipinski definition) is 0. The van der Waals surface area contributed by atoms with E-state index in [4.69, 9.17) is 5.26 Å². The number of rotatable bonds is 4. The molecule has 1 heterocycles. The van der Waals surface area contributed by atoms with Crippen molar-refractivity contribution in [3.05, 3.63) is 29.1 Å². The third kappa shape index (κ3) is 2.86. The summed E-state index contributed by atoms with van der Waals surface area (Å²) in [6, 6.07) is 6.18. The molecule has 1 saturated carbocycles. The fourth-order valence-electron chi connectivity index (χ4n) is 2.10. The number of amides is 1. The summed E-state index contributed by atoms with van der Waals surface area (Å²) < 4.78 is 0. The standard InChI is InChI=1S/C14H17N3O/c1-10-8-11(2)16-13(9-10)14(18)17(7-3-6-15)12-4-5-12/h8-9,12H,3-5,7H2,1-2H3. The Hall–Kier alpha value is -1.89. The normalized spacial score (nSPS) is 14.1. The summed E-state index contributed by atoms with van der Waals surface area (Å²) in [5.74, 6) is -0.0421. The number of aromatic nitrogens is 1. The summed E-state index contributed by atoms with van der Waals surface area (Å²) in [5.41, 5.74) is 2.40. The van der Waals surface area contributed by atoms with Crippen molar-refractivity contribution in [3.8, 4) is 6.07 Å². The van der Waals surface area contributed by atoms with Crippen molar-refractivity contribution < 1.29 is 4.79 Å². The van der Waals surface area contributed by atoms with E-state index < -0.39 is 0 Å². The molecule has 0 saturated heterocycles. The second kappa shape index (κ2) is 5.18. The molecular weight excluding hydrogens is 226 g/mol. The van der Waals surface area contributed by atoms with Gasteiger partial charge in [-0.15, -0.1) is 0 Å². The predicted octanol–water partition coefficient (Wildman–Crippen LogP) is 2.22. The van der Waals surface area contributed by atoms with E-state index in [2.05, 4.69) is 11.1 Å². The van der Waals surface area contributed by atoms with E-state index in [0.717, 1.165) is 24.1 Å². The Balaban J connectivity index is 2.19. The molecule has 1 aromatic heterocycles. The van der Waals surface area contributed by atoms with Crippen LogP contribution in [-0.4, -0.2) is 28.4 Å². The highest BCUT2D eigenvalue weighted by Crippen LogP contribution is 2.28. The van der Waals surface area contributed by atoms with Crippen LogP contribution in [0.1, 0.15) is 41.0 Å². The van der Waals surface area contributed by atoms with Crippen LogP contribution in [-0.2, 0) is 0 Å². The molecule has 0 atom stereocenters. The van der Waals surface area contributed by atoms with Gasteiger partial charge in [0.2, 0.25) is 0 Å². The summed E-state index contributed by atoms with van der Waals surface area (Å²) in [5, 5.41) is 8.65. The maximum absolute atomic E-state index is 12.4. The van der Waals surface area contributed by atoms with Gasteiger partial charge in [0.25, 0.3) is 5.91 Å². The molecule has 0 bridgehead atoms. The monoisotopic (exact) mass is 243 g/mol. The summed E-state index contributed by atoms with van der Waals surface area (Å²) in [6.45, 7) is 4.36. The van der Waals surface area contributed by atoms with E-state index in [1.54, 1.807) is 4.90 Å². The fraction of sp³-hybridized carbons (Fsp3) is 0.500. The molecule has 1 aliphatic rings. The van der Waals surface area contributed by atoms with Gasteiger partial charge in [-0.05, 0) is 44.4 Å². The number of pyridine rings is 1. The minimum absolute atomic E-state index is 0.0421. The first-order valence-electron chi connectivity index (χ1n) is 6.25. The lowest BCUT2D eigenvalue weighted by Crippen LogP contribution is -2.34. The Bertz CT molecular complexity index is 480. The molecule has 4 nitrogen and oxygen atoms in total. The van der Waals surface area contributed by atoms with Crippen LogP contribution in [0.2, 0.25) is 0 Å². The van der Waals surface area contributed by atoms with E-state index >= 15 is 0 Å². The molecule has 0 radical (unpaired) electrons. The number of nitrogens with zero attached hydrogens (tertiary/aromatic N) is 3. The first-order chi connectivity index (χ1) is 8.61. The smallest absolute Gasteiger partial charge is 0.272 e. The minimum atomic E-state index is -0.0421. The van der Waals surface area contributed by atoms with Crippen LogP contribution in [0.25, 0.3) is 0 Å². The van der Waals surface area contributed by atoms with Gasteiger partial charge in [-0.25, -0.2) is 4.98 Å². The number of hydrogen-bond acceptors (Lipinski definition) is 3. The Kier molecular flexibility index (Phi) is 3.61. The highest BCUT2D eigenvalue weighted by molar-refractivity contribution is 5.93. The molecule has 0 aliphatic heterocycles. The van der Waals surface area contributed by atoms with Crippen molar-refractivity contribution in [3.63, 3.8) is 0 Å². The predicted molar refractivity (Wildman–Crippen MR) is 68.0 cm³/mol. The second-order valence-electron chi connectivity index (χ2n) is 4.81. The maximum atomic E-state index is 12.4. The fourth-order valence-corrected chi connectivity index (χ4v) is 2.10. The SMILES string of the molecule is Cc1cc(C)nc(C(=O)N(CCC#N)C2CC2)c1. The average molecular weight is 243 g/mol. The summed E-state index contributed by atoms with van der Waals surface area (Å²) in [7, 11) is 0. The second-order valence-corrected chi connectivity index (χ2v) is 4.81. The van der Waals surface area contributed by atoms with E-state index in [0.29, 0.717) is 24.7 Å². The van der Waals surface area contributed by atoms with Crippen molar-refractivity contribution in [1.29, 1.82) is 5.26 Å². The molecule has 0 spiro atoms. The summed E-state index contributed by atoms with van der Waals surface area (Å²) in [6.07, 6.45) is 2.47. The van der Waals surface area contributed by atoms with Crippen LogP contribution in [0.4, 0.5) is 0 Å². The zero-order valence-corrected chi connectivity index (χ0v) is 10.8. The van der Waals surface area contributed by atoms with E-state index in [9.17, 15) is 4.79 Å². The third-order valence-electron chi connectivity index (χ3n) is 3.03. The van der Waals surface area contributed by atoms with Crippen molar-refractivity contribution in [2.24, 2.45) is 0 Å². The lowest BCUT2D eigenvalue weighted by atomic mass is 10.2. The van der Waals surface area contributed by atoms with E-state index in [1.807, 2.05) is 26.0 Å². The molecule has 94 valence electrons. The Morgan fingerprint density at radius 1 is 1.50 bits per heavy atom. The molecule has 1 aromatic rings. The molecule has 0 unspecified atom stereocenters. The van der Waals surface area contributed by atoms with Gasteiger partial charge >= 0.3 is 0 Å². The van der Waals surface area contributed by atoms with Gasteiger partial charge in [-0.2, -0.15) is 5.26 Å². The average Bonchev–Trinajstić information content (AvgIpc) is 3.12. The molecule has 1 fully saturated rings. The van der Waals surface area contributed by atoms with Crippen LogP contribution in [0.15, 0.2) is 12.1 Å². The van der Waals surface area contributed by atoms with Crippen LogP contribution in [0, 0.1) is 25.2 Å². The molecule has 4 heteroatoms. The Labute approximate surface area is 107 Å².